The van der Waals surface area contributed by atoms with Crippen molar-refractivity contribution in [2.45, 2.75) is 17.1 Å². The Morgan fingerprint density at radius 3 is 2.79 bits per heavy atom. The lowest BCUT2D eigenvalue weighted by Gasteiger charge is -2.13. The number of nitrogens with one attached hydrogen (secondary N) is 1. The van der Waals surface area contributed by atoms with Crippen LogP contribution in [0.25, 0.3) is 5.70 Å². The molecule has 0 saturated heterocycles. The molecule has 0 fully saturated rings. The number of anilines is 1. The number of hydrogen-bond donors (Lipinski definition) is 2. The van der Waals surface area contributed by atoms with Crippen LogP contribution in [0.5, 0.6) is 17.2 Å². The molecule has 5 rings (SSSR count). The lowest BCUT2D eigenvalue weighted by Crippen LogP contribution is -2.12. The molecule has 6 nitrogen and oxygen atoms in total. The van der Waals surface area contributed by atoms with Crippen LogP contribution < -0.4 is 20.4 Å². The van der Waals surface area contributed by atoms with Crippen LogP contribution in [0.4, 0.5) is 5.69 Å². The number of para-hydroxylation sites is 1. The van der Waals surface area contributed by atoms with E-state index in [9.17, 15) is 9.90 Å². The summed E-state index contributed by atoms with van der Waals surface area (Å²) in [7, 11) is 0. The highest BCUT2D eigenvalue weighted by Gasteiger charge is 2.25. The summed E-state index contributed by atoms with van der Waals surface area (Å²) in [4.78, 5) is 13.6. The number of aromatic hydroxyl groups is 1. The number of hydrogen-bond acceptors (Lipinski definition) is 7. The van der Waals surface area contributed by atoms with Crippen molar-refractivity contribution in [2.75, 3.05) is 12.1 Å². The van der Waals surface area contributed by atoms with E-state index in [1.54, 1.807) is 18.7 Å². The molecule has 0 saturated carbocycles. The first kappa shape index (κ1) is 17.8. The average Bonchev–Trinajstić information content (AvgIpc) is 3.07. The minimum absolute atomic E-state index is 0.110. The van der Waals surface area contributed by atoms with E-state index >= 15 is 0 Å². The fraction of sp³-hybridized carbons (Fsp3) is 0.136. The summed E-state index contributed by atoms with van der Waals surface area (Å²) in [6.45, 7) is 1.83. The van der Waals surface area contributed by atoms with Gasteiger partial charge in [0.15, 0.2) is 11.5 Å². The Morgan fingerprint density at radius 2 is 1.93 bits per heavy atom. The molecule has 2 N–H and O–H groups in total. The van der Waals surface area contributed by atoms with Crippen LogP contribution in [0, 0.1) is 6.92 Å². The van der Waals surface area contributed by atoms with Gasteiger partial charge in [0, 0.05) is 11.0 Å². The van der Waals surface area contributed by atoms with E-state index in [4.69, 9.17) is 13.9 Å². The number of benzene rings is 2. The maximum absolute atomic E-state index is 12.5. The van der Waals surface area contributed by atoms with E-state index < -0.39 is 5.63 Å². The molecule has 0 spiro atoms. The minimum Gasteiger partial charge on any atom is -0.507 e. The lowest BCUT2D eigenvalue weighted by molar-refractivity contribution is 0.174. The van der Waals surface area contributed by atoms with E-state index in [-0.39, 0.29) is 23.4 Å². The summed E-state index contributed by atoms with van der Waals surface area (Å²) in [5, 5.41) is 13.6. The Morgan fingerprint density at radius 1 is 1.10 bits per heavy atom. The number of rotatable bonds is 2. The third-order valence-electron chi connectivity index (χ3n) is 4.78. The molecule has 2 aromatic carbocycles. The van der Waals surface area contributed by atoms with Gasteiger partial charge in [-0.05, 0) is 42.8 Å². The topological polar surface area (TPSA) is 80.9 Å². The average molecular weight is 407 g/mol. The normalized spacial score (nSPS) is 17.1. The Balaban J connectivity index is 1.66. The summed E-state index contributed by atoms with van der Waals surface area (Å²) in [5.41, 5.74) is 1.86. The molecular weight excluding hydrogens is 390 g/mol. The van der Waals surface area contributed by atoms with E-state index in [0.29, 0.717) is 23.0 Å². The monoisotopic (exact) mass is 407 g/mol. The molecule has 1 unspecified atom stereocenters. The van der Waals surface area contributed by atoms with Crippen LogP contribution in [0.1, 0.15) is 22.1 Å². The molecule has 0 aliphatic carbocycles. The van der Waals surface area contributed by atoms with Crippen LogP contribution in [-0.4, -0.2) is 11.9 Å². The molecule has 2 aliphatic heterocycles. The first-order valence-corrected chi connectivity index (χ1v) is 9.94. The summed E-state index contributed by atoms with van der Waals surface area (Å²) < 4.78 is 16.2. The molecule has 1 aromatic heterocycles. The zero-order valence-corrected chi connectivity index (χ0v) is 16.3. The van der Waals surface area contributed by atoms with Gasteiger partial charge < -0.3 is 24.3 Å². The third-order valence-corrected chi connectivity index (χ3v) is 6.05. The van der Waals surface area contributed by atoms with Crippen molar-refractivity contribution in [3.8, 4) is 17.2 Å². The van der Waals surface area contributed by atoms with Crippen LogP contribution in [0.3, 0.4) is 0 Å². The molecule has 0 bridgehead atoms. The van der Waals surface area contributed by atoms with Gasteiger partial charge in [0.1, 0.15) is 17.1 Å². The fourth-order valence-electron chi connectivity index (χ4n) is 3.43. The maximum Gasteiger partial charge on any atom is 0.349 e. The smallest absolute Gasteiger partial charge is 0.349 e. The number of thioether (sulfide) groups is 1. The number of ether oxygens (including phenoxy) is 2. The predicted octanol–water partition coefficient (Wildman–Crippen LogP) is 4.68. The van der Waals surface area contributed by atoms with Crippen molar-refractivity contribution in [2.24, 2.45) is 0 Å². The number of fused-ring (bicyclic) bond motifs is 2. The SMILES string of the molecule is Cc1cc(O)c(C2=CC(c3ccc4c(c3)OCO4)Sc3ccccc3N2)c(=O)o1. The standard InChI is InChI=1S/C22H17NO5S/c1-12-8-16(24)21(22(25)28-12)15-10-20(29-19-5-3-2-4-14(19)23-15)13-6-7-17-18(9-13)27-11-26-17/h2-10,20,23-24H,11H2,1H3. The molecule has 2 aliphatic rings. The fourth-order valence-corrected chi connectivity index (χ4v) is 4.59. The van der Waals surface area contributed by atoms with Crippen molar-refractivity contribution >= 4 is 23.1 Å². The second-order valence-corrected chi connectivity index (χ2v) is 7.94. The van der Waals surface area contributed by atoms with Crippen LogP contribution in [0.15, 0.2) is 68.7 Å². The van der Waals surface area contributed by atoms with Crippen molar-refractivity contribution in [3.05, 3.63) is 81.9 Å². The van der Waals surface area contributed by atoms with Gasteiger partial charge >= 0.3 is 5.63 Å². The Bertz CT molecular complexity index is 1200. The van der Waals surface area contributed by atoms with E-state index in [2.05, 4.69) is 5.32 Å². The maximum atomic E-state index is 12.5. The Hall–Kier alpha value is -3.32. The van der Waals surface area contributed by atoms with E-state index in [0.717, 1.165) is 16.1 Å². The van der Waals surface area contributed by atoms with Crippen molar-refractivity contribution in [3.63, 3.8) is 0 Å². The van der Waals surface area contributed by atoms with E-state index in [1.165, 1.54) is 6.07 Å². The minimum atomic E-state index is -0.588. The van der Waals surface area contributed by atoms with Gasteiger partial charge in [-0.15, -0.1) is 11.8 Å². The molecule has 0 amide bonds. The predicted molar refractivity (Wildman–Crippen MR) is 111 cm³/mol. The molecule has 1 atom stereocenters. The number of aryl methyl sites for hydroxylation is 1. The van der Waals surface area contributed by atoms with Crippen LogP contribution >= 0.6 is 11.8 Å². The van der Waals surface area contributed by atoms with Gasteiger partial charge in [-0.1, -0.05) is 18.2 Å². The van der Waals surface area contributed by atoms with Gasteiger partial charge in [-0.3, -0.25) is 0 Å². The molecule has 29 heavy (non-hydrogen) atoms. The molecule has 0 radical (unpaired) electrons. The van der Waals surface area contributed by atoms with Gasteiger partial charge in [0.2, 0.25) is 6.79 Å². The first-order chi connectivity index (χ1) is 14.1. The van der Waals surface area contributed by atoms with Gasteiger partial charge in [-0.25, -0.2) is 4.79 Å². The Labute approximate surface area is 170 Å². The highest BCUT2D eigenvalue weighted by atomic mass is 32.2. The molecular formula is C22H17NO5S. The second kappa shape index (κ2) is 6.93. The van der Waals surface area contributed by atoms with Crippen molar-refractivity contribution in [1.29, 1.82) is 0 Å². The molecule has 3 heterocycles. The van der Waals surface area contributed by atoms with Gasteiger partial charge in [0.25, 0.3) is 0 Å². The van der Waals surface area contributed by atoms with Crippen LogP contribution in [-0.2, 0) is 0 Å². The molecule has 7 heteroatoms. The van der Waals surface area contributed by atoms with Gasteiger partial charge in [0.05, 0.1) is 16.6 Å². The highest BCUT2D eigenvalue weighted by molar-refractivity contribution is 7.99. The zero-order valence-electron chi connectivity index (χ0n) is 15.5. The quantitative estimate of drug-likeness (QED) is 0.638. The first-order valence-electron chi connectivity index (χ1n) is 9.06. The van der Waals surface area contributed by atoms with Crippen molar-refractivity contribution < 1.29 is 19.0 Å². The summed E-state index contributed by atoms with van der Waals surface area (Å²) in [6.07, 6.45) is 1.92. The second-order valence-electron chi connectivity index (χ2n) is 6.76. The zero-order chi connectivity index (χ0) is 20.0. The molecule has 3 aromatic rings. The largest absolute Gasteiger partial charge is 0.507 e. The van der Waals surface area contributed by atoms with Crippen LogP contribution in [0.2, 0.25) is 0 Å². The lowest BCUT2D eigenvalue weighted by atomic mass is 10.1. The summed E-state index contributed by atoms with van der Waals surface area (Å²) in [5.74, 6) is 1.65. The Kier molecular flexibility index (Phi) is 4.24. The molecule has 146 valence electrons. The summed E-state index contributed by atoms with van der Waals surface area (Å²) in [6, 6.07) is 15.1. The third kappa shape index (κ3) is 3.23. The van der Waals surface area contributed by atoms with Gasteiger partial charge in [-0.2, -0.15) is 0 Å². The van der Waals surface area contributed by atoms with Crippen molar-refractivity contribution in [1.82, 2.24) is 0 Å². The highest BCUT2D eigenvalue weighted by Crippen LogP contribution is 2.46. The van der Waals surface area contributed by atoms with E-state index in [1.807, 2.05) is 48.5 Å². The summed E-state index contributed by atoms with van der Waals surface area (Å²) >= 11 is 1.64.